The number of rotatable bonds is 5. The van der Waals surface area contributed by atoms with Crippen LogP contribution in [0.15, 0.2) is 54.6 Å². The van der Waals surface area contributed by atoms with Crippen molar-refractivity contribution in [3.05, 3.63) is 60.2 Å². The minimum Gasteiger partial charge on any atom is -0.368 e. The second-order valence-corrected chi connectivity index (χ2v) is 5.15. The molecule has 0 aliphatic carbocycles. The van der Waals surface area contributed by atoms with Gasteiger partial charge >= 0.3 is 0 Å². The Morgan fingerprint density at radius 1 is 1.19 bits per heavy atom. The second-order valence-electron chi connectivity index (χ2n) is 5.15. The maximum Gasteiger partial charge on any atom is 0.251 e. The van der Waals surface area contributed by atoms with Gasteiger partial charge in [0.25, 0.3) is 5.91 Å². The van der Waals surface area contributed by atoms with E-state index >= 15 is 0 Å². The van der Waals surface area contributed by atoms with Gasteiger partial charge in [-0.05, 0) is 36.2 Å². The van der Waals surface area contributed by atoms with Gasteiger partial charge in [-0.2, -0.15) is 0 Å². The number of primary amides is 1. The zero-order valence-corrected chi connectivity index (χ0v) is 11.9. The van der Waals surface area contributed by atoms with Crippen LogP contribution in [0.5, 0.6) is 0 Å². The van der Waals surface area contributed by atoms with Crippen LogP contribution in [0.4, 0.5) is 0 Å². The van der Waals surface area contributed by atoms with Crippen molar-refractivity contribution in [1.29, 1.82) is 0 Å². The zero-order chi connectivity index (χ0) is 15.4. The lowest BCUT2D eigenvalue weighted by atomic mass is 10.0. The highest BCUT2D eigenvalue weighted by Gasteiger charge is 2.18. The number of hydrogen-bond donors (Lipinski definition) is 2. The summed E-state index contributed by atoms with van der Waals surface area (Å²) < 4.78 is 0. The first-order valence-electron chi connectivity index (χ1n) is 6.71. The summed E-state index contributed by atoms with van der Waals surface area (Å²) >= 11 is 0. The molecule has 21 heavy (non-hydrogen) atoms. The van der Waals surface area contributed by atoms with Gasteiger partial charge in [-0.25, -0.2) is 0 Å². The highest BCUT2D eigenvalue weighted by atomic mass is 16.2. The fraction of sp³-hybridized carbons (Fsp3) is 0.176. The van der Waals surface area contributed by atoms with E-state index in [9.17, 15) is 9.59 Å². The standard InChI is InChI=1S/C17H18N2O2/c1-11(2)9-15(16(18)20)19-17(21)14-8-7-12-5-3-4-6-13(12)10-14/h3-8,10,15H,1,9H2,2H3,(H2,18,20)(H,19,21)/t15-/m1/s1. The third-order valence-electron chi connectivity index (χ3n) is 3.21. The molecule has 4 nitrogen and oxygen atoms in total. The van der Waals surface area contributed by atoms with Crippen LogP contribution in [0.1, 0.15) is 23.7 Å². The van der Waals surface area contributed by atoms with Crippen molar-refractivity contribution in [2.75, 3.05) is 0 Å². The molecule has 0 aliphatic heterocycles. The Hall–Kier alpha value is -2.62. The maximum atomic E-state index is 12.2. The summed E-state index contributed by atoms with van der Waals surface area (Å²) in [7, 11) is 0. The Bertz CT molecular complexity index is 707. The molecule has 108 valence electrons. The zero-order valence-electron chi connectivity index (χ0n) is 11.9. The van der Waals surface area contributed by atoms with Crippen LogP contribution in [0.25, 0.3) is 10.8 Å². The first kappa shape index (κ1) is 14.8. The van der Waals surface area contributed by atoms with Gasteiger partial charge in [0.15, 0.2) is 0 Å². The number of carbonyl (C=O) groups excluding carboxylic acids is 2. The lowest BCUT2D eigenvalue weighted by molar-refractivity contribution is -0.119. The Morgan fingerprint density at radius 3 is 2.48 bits per heavy atom. The summed E-state index contributed by atoms with van der Waals surface area (Å²) in [6.07, 6.45) is 0.342. The van der Waals surface area contributed by atoms with E-state index < -0.39 is 11.9 Å². The number of fused-ring (bicyclic) bond motifs is 1. The van der Waals surface area contributed by atoms with Crippen molar-refractivity contribution >= 4 is 22.6 Å². The van der Waals surface area contributed by atoms with Gasteiger partial charge in [0.1, 0.15) is 6.04 Å². The lowest BCUT2D eigenvalue weighted by Gasteiger charge is -2.15. The van der Waals surface area contributed by atoms with Crippen LogP contribution in [-0.2, 0) is 4.79 Å². The van der Waals surface area contributed by atoms with Crippen molar-refractivity contribution < 1.29 is 9.59 Å². The molecule has 0 aliphatic rings. The molecule has 0 fully saturated rings. The maximum absolute atomic E-state index is 12.2. The quantitative estimate of drug-likeness (QED) is 0.826. The molecule has 2 amide bonds. The van der Waals surface area contributed by atoms with E-state index in [1.807, 2.05) is 30.3 Å². The summed E-state index contributed by atoms with van der Waals surface area (Å²) in [5.41, 5.74) is 6.60. The molecule has 2 aromatic carbocycles. The number of nitrogens with one attached hydrogen (secondary N) is 1. The van der Waals surface area contributed by atoms with Crippen molar-refractivity contribution in [3.8, 4) is 0 Å². The van der Waals surface area contributed by atoms with Crippen LogP contribution in [0.3, 0.4) is 0 Å². The summed E-state index contributed by atoms with van der Waals surface area (Å²) in [6.45, 7) is 5.53. The average molecular weight is 282 g/mol. The molecule has 0 saturated heterocycles. The molecule has 1 atom stereocenters. The van der Waals surface area contributed by atoms with Gasteiger partial charge in [-0.15, -0.1) is 6.58 Å². The fourth-order valence-electron chi connectivity index (χ4n) is 2.14. The van der Waals surface area contributed by atoms with Gasteiger partial charge in [0, 0.05) is 5.56 Å². The Labute approximate surface area is 123 Å². The van der Waals surface area contributed by atoms with Gasteiger partial charge in [0.2, 0.25) is 5.91 Å². The molecule has 4 heteroatoms. The molecule has 0 spiro atoms. The van der Waals surface area contributed by atoms with Crippen molar-refractivity contribution in [2.24, 2.45) is 5.73 Å². The first-order valence-corrected chi connectivity index (χ1v) is 6.71. The summed E-state index contributed by atoms with van der Waals surface area (Å²) in [5.74, 6) is -0.877. The fourth-order valence-corrected chi connectivity index (χ4v) is 2.14. The van der Waals surface area contributed by atoms with Crippen LogP contribution in [-0.4, -0.2) is 17.9 Å². The molecular formula is C17H18N2O2. The predicted octanol–water partition coefficient (Wildman–Crippen LogP) is 2.39. The third kappa shape index (κ3) is 3.69. The average Bonchev–Trinajstić information content (AvgIpc) is 2.45. The van der Waals surface area contributed by atoms with E-state index in [4.69, 9.17) is 5.73 Å². The molecule has 3 N–H and O–H groups in total. The molecule has 0 saturated carbocycles. The van der Waals surface area contributed by atoms with Crippen LogP contribution in [0.2, 0.25) is 0 Å². The summed E-state index contributed by atoms with van der Waals surface area (Å²) in [4.78, 5) is 23.6. The number of hydrogen-bond acceptors (Lipinski definition) is 2. The van der Waals surface area contributed by atoms with Gasteiger partial charge in [0.05, 0.1) is 0 Å². The number of benzene rings is 2. The highest BCUT2D eigenvalue weighted by molar-refractivity contribution is 6.00. The Kier molecular flexibility index (Phi) is 4.38. The number of amides is 2. The van der Waals surface area contributed by atoms with Crippen molar-refractivity contribution in [1.82, 2.24) is 5.32 Å². The molecule has 0 bridgehead atoms. The smallest absolute Gasteiger partial charge is 0.251 e. The van der Waals surface area contributed by atoms with Gasteiger partial charge < -0.3 is 11.1 Å². The van der Waals surface area contributed by atoms with Crippen molar-refractivity contribution in [2.45, 2.75) is 19.4 Å². The molecule has 2 rings (SSSR count). The van der Waals surface area contributed by atoms with Gasteiger partial charge in [-0.3, -0.25) is 9.59 Å². The molecule has 0 heterocycles. The molecule has 0 unspecified atom stereocenters. The normalized spacial score (nSPS) is 11.9. The number of carbonyl (C=O) groups is 2. The van der Waals surface area contributed by atoms with E-state index in [1.165, 1.54) is 0 Å². The molecule has 0 aromatic heterocycles. The summed E-state index contributed by atoms with van der Waals surface area (Å²) in [6, 6.07) is 12.4. The summed E-state index contributed by atoms with van der Waals surface area (Å²) in [5, 5.41) is 4.69. The minimum atomic E-state index is -0.735. The monoisotopic (exact) mass is 282 g/mol. The molecule has 2 aromatic rings. The molecular weight excluding hydrogens is 264 g/mol. The van der Waals surface area contributed by atoms with Gasteiger partial charge in [-0.1, -0.05) is 35.9 Å². The van der Waals surface area contributed by atoms with Crippen LogP contribution >= 0.6 is 0 Å². The largest absolute Gasteiger partial charge is 0.368 e. The van der Waals surface area contributed by atoms with E-state index in [0.29, 0.717) is 12.0 Å². The first-order chi connectivity index (χ1) is 9.97. The van der Waals surface area contributed by atoms with E-state index in [1.54, 1.807) is 19.1 Å². The van der Waals surface area contributed by atoms with Crippen LogP contribution in [0, 0.1) is 0 Å². The van der Waals surface area contributed by atoms with E-state index in [2.05, 4.69) is 11.9 Å². The highest BCUT2D eigenvalue weighted by Crippen LogP contribution is 2.16. The second kappa shape index (κ2) is 6.22. The van der Waals surface area contributed by atoms with E-state index in [0.717, 1.165) is 16.3 Å². The topological polar surface area (TPSA) is 72.2 Å². The SMILES string of the molecule is C=C(C)C[C@@H](NC(=O)c1ccc2ccccc2c1)C(N)=O. The van der Waals surface area contributed by atoms with Crippen LogP contribution < -0.4 is 11.1 Å². The Morgan fingerprint density at radius 2 is 1.86 bits per heavy atom. The van der Waals surface area contributed by atoms with Crippen molar-refractivity contribution in [3.63, 3.8) is 0 Å². The predicted molar refractivity (Wildman–Crippen MR) is 83.8 cm³/mol. The Balaban J connectivity index is 2.20. The number of nitrogens with two attached hydrogens (primary N) is 1. The van der Waals surface area contributed by atoms with E-state index in [-0.39, 0.29) is 5.91 Å². The molecule has 0 radical (unpaired) electrons. The third-order valence-corrected chi connectivity index (χ3v) is 3.21. The minimum absolute atomic E-state index is 0.314. The lowest BCUT2D eigenvalue weighted by Crippen LogP contribution is -2.44.